The van der Waals surface area contributed by atoms with Gasteiger partial charge in [-0.25, -0.2) is 4.79 Å². The molecular formula is C15H16N4O4S3. The van der Waals surface area contributed by atoms with Crippen molar-refractivity contribution in [1.29, 1.82) is 5.41 Å². The molecular weight excluding hydrogens is 396 g/mol. The predicted octanol–water partition coefficient (Wildman–Crippen LogP) is 0.654. The van der Waals surface area contributed by atoms with Crippen LogP contribution in [0.3, 0.4) is 0 Å². The fraction of sp³-hybridized carbons (Fsp3) is 0.333. The number of aliphatic carboxylic acids is 1. The van der Waals surface area contributed by atoms with Crippen molar-refractivity contribution < 1.29 is 19.5 Å². The lowest BCUT2D eigenvalue weighted by Gasteiger charge is -2.51. The molecule has 3 atom stereocenters. The summed E-state index contributed by atoms with van der Waals surface area (Å²) in [6, 6.07) is 1.87. The van der Waals surface area contributed by atoms with Crippen LogP contribution >= 0.6 is 34.9 Å². The average Bonchev–Trinajstić information content (AvgIpc) is 3.09. The maximum Gasteiger partial charge on any atom is 0.330 e. The monoisotopic (exact) mass is 412 g/mol. The number of rotatable bonds is 6. The van der Waals surface area contributed by atoms with Crippen LogP contribution in [0.15, 0.2) is 28.5 Å². The first-order valence-electron chi connectivity index (χ1n) is 7.56. The summed E-state index contributed by atoms with van der Waals surface area (Å²) in [5, 5.41) is 22.5. The number of nitrogens with two attached hydrogens (primary N) is 1. The number of hydrogen-bond donors (Lipinski definition) is 4. The third kappa shape index (κ3) is 3.74. The third-order valence-electron chi connectivity index (χ3n) is 3.93. The van der Waals surface area contributed by atoms with Crippen LogP contribution in [0.5, 0.6) is 0 Å². The first-order valence-corrected chi connectivity index (χ1v) is 10.4. The van der Waals surface area contributed by atoms with Gasteiger partial charge in [0.05, 0.1) is 6.42 Å². The van der Waals surface area contributed by atoms with Crippen molar-refractivity contribution in [3.8, 4) is 0 Å². The van der Waals surface area contributed by atoms with Gasteiger partial charge >= 0.3 is 5.97 Å². The van der Waals surface area contributed by atoms with Gasteiger partial charge in [0.2, 0.25) is 11.8 Å². The van der Waals surface area contributed by atoms with Crippen molar-refractivity contribution in [3.63, 3.8) is 0 Å². The molecule has 2 amide bonds. The number of carboxylic acids is 1. The number of carbonyl (C=O) groups is 3. The molecule has 0 radical (unpaired) electrons. The van der Waals surface area contributed by atoms with E-state index in [0.717, 1.165) is 16.6 Å². The SMILES string of the molecule is N=C(N)SCC1=CS[C@@H]2C(NC(=O)Cc3cccs3)C(=O)N2C1C(=O)O. The Balaban J connectivity index is 1.67. The molecule has 0 spiro atoms. The Morgan fingerprint density at radius 3 is 2.85 bits per heavy atom. The van der Waals surface area contributed by atoms with Crippen LogP contribution in [0.2, 0.25) is 0 Å². The summed E-state index contributed by atoms with van der Waals surface area (Å²) < 4.78 is 0. The number of thiophene rings is 1. The number of amides is 2. The minimum absolute atomic E-state index is 0.115. The van der Waals surface area contributed by atoms with E-state index >= 15 is 0 Å². The van der Waals surface area contributed by atoms with E-state index in [0.29, 0.717) is 5.57 Å². The van der Waals surface area contributed by atoms with Crippen LogP contribution in [-0.2, 0) is 20.8 Å². The van der Waals surface area contributed by atoms with Gasteiger partial charge < -0.3 is 21.1 Å². The van der Waals surface area contributed by atoms with Gasteiger partial charge in [0, 0.05) is 10.6 Å². The van der Waals surface area contributed by atoms with Crippen LogP contribution < -0.4 is 11.1 Å². The van der Waals surface area contributed by atoms with Gasteiger partial charge in [-0.05, 0) is 22.4 Å². The highest BCUT2D eigenvalue weighted by Crippen LogP contribution is 2.40. The second-order valence-electron chi connectivity index (χ2n) is 5.66. The molecule has 0 aromatic carbocycles. The molecule has 1 saturated heterocycles. The number of fused-ring (bicyclic) bond motifs is 1. The summed E-state index contributed by atoms with van der Waals surface area (Å²) in [5.41, 5.74) is 5.81. The van der Waals surface area contributed by atoms with Gasteiger partial charge in [-0.15, -0.1) is 23.1 Å². The lowest BCUT2D eigenvalue weighted by Crippen LogP contribution is -2.74. The Kier molecular flexibility index (Phi) is 5.58. The molecule has 2 unspecified atom stereocenters. The molecule has 2 aliphatic rings. The summed E-state index contributed by atoms with van der Waals surface area (Å²) in [6.45, 7) is 0. The van der Waals surface area contributed by atoms with Gasteiger partial charge in [-0.1, -0.05) is 17.8 Å². The second kappa shape index (κ2) is 7.72. The second-order valence-corrected chi connectivity index (χ2v) is 8.70. The normalized spacial score (nSPS) is 24.3. The molecule has 8 nitrogen and oxygen atoms in total. The van der Waals surface area contributed by atoms with Crippen LogP contribution in [-0.4, -0.2) is 56.2 Å². The zero-order valence-corrected chi connectivity index (χ0v) is 15.8. The minimum Gasteiger partial charge on any atom is -0.479 e. The van der Waals surface area contributed by atoms with E-state index in [9.17, 15) is 19.5 Å². The summed E-state index contributed by atoms with van der Waals surface area (Å²) in [4.78, 5) is 38.4. The molecule has 1 fully saturated rings. The van der Waals surface area contributed by atoms with Crippen LogP contribution in [0.1, 0.15) is 4.88 Å². The highest BCUT2D eigenvalue weighted by atomic mass is 32.2. The highest BCUT2D eigenvalue weighted by Gasteiger charge is 2.55. The highest BCUT2D eigenvalue weighted by molar-refractivity contribution is 8.13. The van der Waals surface area contributed by atoms with Gasteiger partial charge in [0.25, 0.3) is 0 Å². The number of thioether (sulfide) groups is 2. The first kappa shape index (κ1) is 18.8. The summed E-state index contributed by atoms with van der Waals surface area (Å²) in [5.74, 6) is -1.58. The quantitative estimate of drug-likeness (QED) is 0.306. The molecule has 1 aromatic heterocycles. The topological polar surface area (TPSA) is 137 Å². The number of nitrogens with one attached hydrogen (secondary N) is 2. The Morgan fingerprint density at radius 2 is 2.23 bits per heavy atom. The molecule has 0 bridgehead atoms. The predicted molar refractivity (Wildman–Crippen MR) is 102 cm³/mol. The van der Waals surface area contributed by atoms with E-state index in [1.54, 1.807) is 5.41 Å². The number of carbonyl (C=O) groups excluding carboxylic acids is 2. The standard InChI is InChI=1S/C15H16N4O4S3/c16-15(17)26-6-7-5-25-13-10(12(21)19(13)11(7)14(22)23)18-9(20)4-8-2-1-3-24-8/h1-3,5,10-11,13H,4,6H2,(H3,16,17)(H,18,20)(H,22,23)/t10?,11?,13-/m1/s1. The molecule has 11 heteroatoms. The number of carboxylic acid groups (broad SMARTS) is 1. The maximum atomic E-state index is 12.5. The van der Waals surface area contributed by atoms with E-state index in [2.05, 4.69) is 5.32 Å². The van der Waals surface area contributed by atoms with Gasteiger partial charge in [-0.3, -0.25) is 15.0 Å². The van der Waals surface area contributed by atoms with E-state index in [4.69, 9.17) is 11.1 Å². The number of hydrogen-bond acceptors (Lipinski definition) is 7. The Morgan fingerprint density at radius 1 is 1.46 bits per heavy atom. The molecule has 1 aromatic rings. The van der Waals surface area contributed by atoms with E-state index in [1.807, 2.05) is 17.5 Å². The zero-order chi connectivity index (χ0) is 18.8. The summed E-state index contributed by atoms with van der Waals surface area (Å²) in [7, 11) is 0. The molecule has 138 valence electrons. The fourth-order valence-corrected chi connectivity index (χ4v) is 5.38. The molecule has 5 N–H and O–H groups in total. The zero-order valence-electron chi connectivity index (χ0n) is 13.4. The number of β-lactam (4-membered cyclic amide) rings is 1. The smallest absolute Gasteiger partial charge is 0.330 e. The Bertz CT molecular complexity index is 780. The summed E-state index contributed by atoms with van der Waals surface area (Å²) >= 11 is 3.77. The van der Waals surface area contributed by atoms with Crippen molar-refractivity contribution in [2.24, 2.45) is 5.73 Å². The summed E-state index contributed by atoms with van der Waals surface area (Å²) in [6.07, 6.45) is 0.192. The Hall–Kier alpha value is -1.98. The van der Waals surface area contributed by atoms with Crippen molar-refractivity contribution in [2.45, 2.75) is 23.9 Å². The van der Waals surface area contributed by atoms with E-state index in [-0.39, 0.29) is 23.2 Å². The molecule has 3 rings (SSSR count). The van der Waals surface area contributed by atoms with Crippen LogP contribution in [0, 0.1) is 5.41 Å². The number of nitrogens with zero attached hydrogens (tertiary/aromatic N) is 1. The van der Waals surface area contributed by atoms with Crippen molar-refractivity contribution >= 4 is 57.8 Å². The largest absolute Gasteiger partial charge is 0.479 e. The molecule has 26 heavy (non-hydrogen) atoms. The van der Waals surface area contributed by atoms with Gasteiger partial charge in [-0.2, -0.15) is 0 Å². The van der Waals surface area contributed by atoms with E-state index < -0.39 is 29.3 Å². The molecule has 0 saturated carbocycles. The number of amidine groups is 1. The molecule has 2 aliphatic heterocycles. The molecule has 0 aliphatic carbocycles. The first-order chi connectivity index (χ1) is 12.4. The minimum atomic E-state index is -1.14. The average molecular weight is 413 g/mol. The maximum absolute atomic E-state index is 12.5. The van der Waals surface area contributed by atoms with Crippen molar-refractivity contribution in [2.75, 3.05) is 5.75 Å². The van der Waals surface area contributed by atoms with E-state index in [1.165, 1.54) is 28.0 Å². The third-order valence-corrected chi connectivity index (χ3v) is 6.81. The van der Waals surface area contributed by atoms with Gasteiger partial charge in [0.15, 0.2) is 11.2 Å². The molecule has 3 heterocycles. The lowest BCUT2D eigenvalue weighted by molar-refractivity contribution is -0.160. The Labute approximate surface area is 161 Å². The van der Waals surface area contributed by atoms with Crippen molar-refractivity contribution in [1.82, 2.24) is 10.2 Å². The van der Waals surface area contributed by atoms with Crippen LogP contribution in [0.25, 0.3) is 0 Å². The van der Waals surface area contributed by atoms with Crippen molar-refractivity contribution in [3.05, 3.63) is 33.4 Å². The fourth-order valence-electron chi connectivity index (χ4n) is 2.79. The van der Waals surface area contributed by atoms with Crippen LogP contribution in [0.4, 0.5) is 0 Å². The van der Waals surface area contributed by atoms with Gasteiger partial charge in [0.1, 0.15) is 11.4 Å². The lowest BCUT2D eigenvalue weighted by atomic mass is 9.98.